The van der Waals surface area contributed by atoms with Gasteiger partial charge in [-0.25, -0.2) is 9.97 Å². The maximum Gasteiger partial charge on any atom is 0.132 e. The summed E-state index contributed by atoms with van der Waals surface area (Å²) in [5, 5.41) is 0. The van der Waals surface area contributed by atoms with Gasteiger partial charge in [-0.15, -0.1) is 0 Å². The minimum Gasteiger partial charge on any atom is -0.329 e. The van der Waals surface area contributed by atoms with E-state index in [0.29, 0.717) is 5.92 Å². The van der Waals surface area contributed by atoms with Crippen LogP contribution in [0.25, 0.3) is 0 Å². The normalized spacial score (nSPS) is 17.8. The zero-order chi connectivity index (χ0) is 13.7. The summed E-state index contributed by atoms with van der Waals surface area (Å²) in [5.41, 5.74) is 7.92. The highest BCUT2D eigenvalue weighted by molar-refractivity contribution is 5.13. The number of nitrogens with two attached hydrogens (primary N) is 1. The third-order valence-electron chi connectivity index (χ3n) is 3.83. The number of rotatable bonds is 5. The maximum absolute atomic E-state index is 5.61. The lowest BCUT2D eigenvalue weighted by atomic mass is 9.95. The molecule has 2 rings (SSSR count). The van der Waals surface area contributed by atoms with Gasteiger partial charge in [0.1, 0.15) is 5.82 Å². The van der Waals surface area contributed by atoms with Crippen LogP contribution < -0.4 is 5.73 Å². The van der Waals surface area contributed by atoms with Crippen molar-refractivity contribution < 1.29 is 0 Å². The summed E-state index contributed by atoms with van der Waals surface area (Å²) in [6.45, 7) is 8.30. The second-order valence-electron chi connectivity index (χ2n) is 5.51. The van der Waals surface area contributed by atoms with Crippen molar-refractivity contribution in [3.63, 3.8) is 0 Å². The summed E-state index contributed by atoms with van der Waals surface area (Å²) in [6, 6.07) is 2.12. The molecule has 4 nitrogen and oxygen atoms in total. The molecule has 0 unspecified atom stereocenters. The zero-order valence-corrected chi connectivity index (χ0v) is 12.2. The molecule has 2 N–H and O–H groups in total. The summed E-state index contributed by atoms with van der Waals surface area (Å²) in [4.78, 5) is 11.9. The van der Waals surface area contributed by atoms with Crippen molar-refractivity contribution >= 4 is 0 Å². The molecule has 0 bridgehead atoms. The van der Waals surface area contributed by atoms with Gasteiger partial charge in [0.2, 0.25) is 0 Å². The Balaban J connectivity index is 2.02. The van der Waals surface area contributed by atoms with Crippen LogP contribution in [-0.2, 0) is 6.42 Å². The van der Waals surface area contributed by atoms with E-state index in [9.17, 15) is 0 Å². The molecule has 1 aliphatic heterocycles. The third-order valence-corrected chi connectivity index (χ3v) is 3.83. The summed E-state index contributed by atoms with van der Waals surface area (Å²) >= 11 is 0. The molecule has 0 atom stereocenters. The fraction of sp³-hybridized carbons (Fsp3) is 0.733. The van der Waals surface area contributed by atoms with E-state index in [0.717, 1.165) is 63.4 Å². The van der Waals surface area contributed by atoms with Crippen LogP contribution in [0.2, 0.25) is 0 Å². The Labute approximate surface area is 116 Å². The molecule has 1 aromatic heterocycles. The van der Waals surface area contributed by atoms with E-state index >= 15 is 0 Å². The summed E-state index contributed by atoms with van der Waals surface area (Å²) in [5.74, 6) is 1.60. The number of piperidine rings is 1. The maximum atomic E-state index is 5.61. The lowest BCUT2D eigenvalue weighted by Gasteiger charge is -2.31. The quantitative estimate of drug-likeness (QED) is 0.880. The summed E-state index contributed by atoms with van der Waals surface area (Å²) in [6.07, 6.45) is 4.53. The van der Waals surface area contributed by atoms with Crippen LogP contribution >= 0.6 is 0 Å². The van der Waals surface area contributed by atoms with Gasteiger partial charge in [-0.05, 0) is 45.3 Å². The number of aryl methyl sites for hydroxylation is 2. The molecule has 1 aliphatic rings. The average molecular weight is 262 g/mol. The Hall–Kier alpha value is -1.00. The Kier molecular flexibility index (Phi) is 5.28. The first kappa shape index (κ1) is 14.4. The lowest BCUT2D eigenvalue weighted by molar-refractivity contribution is 0.214. The van der Waals surface area contributed by atoms with E-state index < -0.39 is 0 Å². The van der Waals surface area contributed by atoms with Gasteiger partial charge in [-0.2, -0.15) is 0 Å². The summed E-state index contributed by atoms with van der Waals surface area (Å²) in [7, 11) is 0. The molecule has 0 amide bonds. The smallest absolute Gasteiger partial charge is 0.132 e. The van der Waals surface area contributed by atoms with Gasteiger partial charge in [0.25, 0.3) is 0 Å². The standard InChI is InChI=1S/C15H26N4/c1-3-4-14-11-12(2)17-15(18-14)13-5-8-19(9-6-13)10-7-16/h11,13H,3-10,16H2,1-2H3. The van der Waals surface area contributed by atoms with Gasteiger partial charge in [0, 0.05) is 30.4 Å². The van der Waals surface area contributed by atoms with Crippen molar-refractivity contribution in [2.45, 2.75) is 45.4 Å². The molecule has 1 aromatic rings. The Morgan fingerprint density at radius 2 is 2.05 bits per heavy atom. The minimum atomic E-state index is 0.532. The SMILES string of the molecule is CCCc1cc(C)nc(C2CCN(CCN)CC2)n1. The molecular formula is C15H26N4. The predicted octanol–water partition coefficient (Wildman–Crippen LogP) is 1.88. The van der Waals surface area contributed by atoms with Crippen molar-refractivity contribution in [3.05, 3.63) is 23.3 Å². The highest BCUT2D eigenvalue weighted by atomic mass is 15.1. The first-order valence-corrected chi connectivity index (χ1v) is 7.49. The number of likely N-dealkylation sites (tertiary alicyclic amines) is 1. The average Bonchev–Trinajstić information content (AvgIpc) is 2.40. The molecule has 0 aliphatic carbocycles. The molecule has 4 heteroatoms. The number of nitrogens with zero attached hydrogens (tertiary/aromatic N) is 3. The van der Waals surface area contributed by atoms with E-state index in [-0.39, 0.29) is 0 Å². The molecule has 0 saturated carbocycles. The molecular weight excluding hydrogens is 236 g/mol. The van der Waals surface area contributed by atoms with Crippen LogP contribution in [0.5, 0.6) is 0 Å². The zero-order valence-electron chi connectivity index (χ0n) is 12.2. The summed E-state index contributed by atoms with van der Waals surface area (Å²) < 4.78 is 0. The van der Waals surface area contributed by atoms with Crippen LogP contribution in [0.15, 0.2) is 6.07 Å². The molecule has 0 aromatic carbocycles. The predicted molar refractivity (Wildman–Crippen MR) is 78.2 cm³/mol. The van der Waals surface area contributed by atoms with Gasteiger partial charge in [-0.1, -0.05) is 13.3 Å². The topological polar surface area (TPSA) is 55.0 Å². The fourth-order valence-corrected chi connectivity index (χ4v) is 2.82. The first-order chi connectivity index (χ1) is 9.22. The van der Waals surface area contributed by atoms with Crippen molar-refractivity contribution in [2.24, 2.45) is 5.73 Å². The second kappa shape index (κ2) is 6.96. The van der Waals surface area contributed by atoms with Crippen LogP contribution in [0.1, 0.15) is 49.3 Å². The molecule has 2 heterocycles. The molecule has 0 spiro atoms. The van der Waals surface area contributed by atoms with Crippen LogP contribution in [-0.4, -0.2) is 41.0 Å². The Morgan fingerprint density at radius 1 is 1.32 bits per heavy atom. The molecule has 0 radical (unpaired) electrons. The molecule has 1 saturated heterocycles. The fourth-order valence-electron chi connectivity index (χ4n) is 2.82. The molecule has 106 valence electrons. The van der Waals surface area contributed by atoms with Gasteiger partial charge in [0.05, 0.1) is 0 Å². The number of hydrogen-bond acceptors (Lipinski definition) is 4. The molecule has 1 fully saturated rings. The van der Waals surface area contributed by atoms with Crippen LogP contribution in [0.4, 0.5) is 0 Å². The monoisotopic (exact) mass is 262 g/mol. The highest BCUT2D eigenvalue weighted by Gasteiger charge is 2.22. The lowest BCUT2D eigenvalue weighted by Crippen LogP contribution is -2.36. The second-order valence-corrected chi connectivity index (χ2v) is 5.51. The van der Waals surface area contributed by atoms with E-state index in [1.165, 1.54) is 5.69 Å². The largest absolute Gasteiger partial charge is 0.329 e. The van der Waals surface area contributed by atoms with E-state index in [1.54, 1.807) is 0 Å². The van der Waals surface area contributed by atoms with Crippen molar-refractivity contribution in [2.75, 3.05) is 26.2 Å². The van der Waals surface area contributed by atoms with E-state index in [1.807, 2.05) is 0 Å². The van der Waals surface area contributed by atoms with Crippen LogP contribution in [0.3, 0.4) is 0 Å². The Bertz CT molecular complexity index is 397. The van der Waals surface area contributed by atoms with E-state index in [2.05, 4.69) is 29.8 Å². The van der Waals surface area contributed by atoms with Gasteiger partial charge in [-0.3, -0.25) is 0 Å². The first-order valence-electron chi connectivity index (χ1n) is 7.49. The van der Waals surface area contributed by atoms with Gasteiger partial charge >= 0.3 is 0 Å². The molecule has 19 heavy (non-hydrogen) atoms. The Morgan fingerprint density at radius 3 is 2.68 bits per heavy atom. The van der Waals surface area contributed by atoms with Crippen molar-refractivity contribution in [1.82, 2.24) is 14.9 Å². The minimum absolute atomic E-state index is 0.532. The van der Waals surface area contributed by atoms with Gasteiger partial charge < -0.3 is 10.6 Å². The highest BCUT2D eigenvalue weighted by Crippen LogP contribution is 2.25. The van der Waals surface area contributed by atoms with Crippen molar-refractivity contribution in [1.29, 1.82) is 0 Å². The van der Waals surface area contributed by atoms with Gasteiger partial charge in [0.15, 0.2) is 0 Å². The number of hydrogen-bond donors (Lipinski definition) is 1. The van der Waals surface area contributed by atoms with Crippen molar-refractivity contribution in [3.8, 4) is 0 Å². The van der Waals surface area contributed by atoms with Crippen LogP contribution in [0, 0.1) is 6.92 Å². The number of aromatic nitrogens is 2. The third kappa shape index (κ3) is 3.98. The van der Waals surface area contributed by atoms with E-state index in [4.69, 9.17) is 10.7 Å².